The van der Waals surface area contributed by atoms with Crippen molar-refractivity contribution in [2.45, 2.75) is 18.9 Å². The van der Waals surface area contributed by atoms with E-state index in [1.54, 1.807) is 49.5 Å². The number of nitrogens with one attached hydrogen (secondary N) is 1. The number of methoxy groups -OCH3 is 2. The number of amides is 2. The second kappa shape index (κ2) is 8.57. The first-order valence-corrected chi connectivity index (χ1v) is 8.66. The molecule has 1 saturated heterocycles. The summed E-state index contributed by atoms with van der Waals surface area (Å²) in [5.74, 6) is 0.840. The number of ether oxygens (including phenoxy) is 3. The van der Waals surface area contributed by atoms with Gasteiger partial charge >= 0.3 is 6.03 Å². The van der Waals surface area contributed by atoms with Crippen molar-refractivity contribution >= 4 is 11.7 Å². The van der Waals surface area contributed by atoms with Crippen LogP contribution in [0.4, 0.5) is 14.9 Å². The highest BCUT2D eigenvalue weighted by atomic mass is 19.1. The Morgan fingerprint density at radius 3 is 2.56 bits per heavy atom. The molecule has 1 aliphatic rings. The number of benzene rings is 1. The SMILES string of the molecule is COc1ccc(NC(=O)N2CCC(Oc3cccc(F)n3)CC2)cc1OC. The predicted octanol–water partition coefficient (Wildman–Crippen LogP) is 3.31. The maximum atomic E-state index is 13.1. The fourth-order valence-electron chi connectivity index (χ4n) is 2.92. The van der Waals surface area contributed by atoms with E-state index in [1.165, 1.54) is 6.07 Å². The highest BCUT2D eigenvalue weighted by molar-refractivity contribution is 5.89. The number of pyridine rings is 1. The number of carbonyl (C=O) groups is 1. The number of rotatable bonds is 5. The third kappa shape index (κ3) is 4.78. The quantitative estimate of drug-likeness (QED) is 0.812. The van der Waals surface area contributed by atoms with Gasteiger partial charge in [-0.15, -0.1) is 0 Å². The van der Waals surface area contributed by atoms with Gasteiger partial charge in [-0.25, -0.2) is 4.79 Å². The van der Waals surface area contributed by atoms with Crippen LogP contribution in [0.2, 0.25) is 0 Å². The van der Waals surface area contributed by atoms with Crippen LogP contribution < -0.4 is 19.5 Å². The molecule has 144 valence electrons. The number of hydrogen-bond acceptors (Lipinski definition) is 5. The molecule has 0 saturated carbocycles. The minimum atomic E-state index is -0.570. The van der Waals surface area contributed by atoms with Crippen molar-refractivity contribution in [2.75, 3.05) is 32.6 Å². The zero-order valence-corrected chi connectivity index (χ0v) is 15.3. The number of halogens is 1. The Kier molecular flexibility index (Phi) is 5.95. The van der Waals surface area contributed by atoms with Gasteiger partial charge in [0.15, 0.2) is 11.5 Å². The van der Waals surface area contributed by atoms with E-state index in [0.717, 1.165) is 0 Å². The molecule has 1 aliphatic heterocycles. The molecular formula is C19H22FN3O4. The molecule has 0 radical (unpaired) electrons. The monoisotopic (exact) mass is 375 g/mol. The molecule has 0 spiro atoms. The Bertz CT molecular complexity index is 794. The summed E-state index contributed by atoms with van der Waals surface area (Å²) in [7, 11) is 3.10. The minimum absolute atomic E-state index is 0.0931. The summed E-state index contributed by atoms with van der Waals surface area (Å²) in [4.78, 5) is 17.9. The minimum Gasteiger partial charge on any atom is -0.493 e. The van der Waals surface area contributed by atoms with Crippen LogP contribution in [0.3, 0.4) is 0 Å². The first-order valence-electron chi connectivity index (χ1n) is 8.66. The van der Waals surface area contributed by atoms with Crippen molar-refractivity contribution in [1.82, 2.24) is 9.88 Å². The molecule has 0 atom stereocenters. The van der Waals surface area contributed by atoms with E-state index < -0.39 is 5.95 Å². The van der Waals surface area contributed by atoms with E-state index >= 15 is 0 Å². The van der Waals surface area contributed by atoms with Gasteiger partial charge in [-0.3, -0.25) is 0 Å². The molecule has 1 aromatic carbocycles. The Morgan fingerprint density at radius 2 is 1.89 bits per heavy atom. The maximum absolute atomic E-state index is 13.1. The van der Waals surface area contributed by atoms with Gasteiger partial charge in [0.25, 0.3) is 0 Å². The van der Waals surface area contributed by atoms with Gasteiger partial charge in [-0.2, -0.15) is 9.37 Å². The molecule has 0 unspecified atom stereocenters. The number of aromatic nitrogens is 1. The second-order valence-electron chi connectivity index (χ2n) is 6.10. The Hall–Kier alpha value is -3.03. The van der Waals surface area contributed by atoms with Crippen LogP contribution in [0.25, 0.3) is 0 Å². The summed E-state index contributed by atoms with van der Waals surface area (Å²) in [5.41, 5.74) is 0.625. The van der Waals surface area contributed by atoms with E-state index in [-0.39, 0.29) is 18.0 Å². The van der Waals surface area contributed by atoms with E-state index in [9.17, 15) is 9.18 Å². The molecule has 1 aromatic heterocycles. The third-order valence-electron chi connectivity index (χ3n) is 4.34. The van der Waals surface area contributed by atoms with Gasteiger partial charge in [0.2, 0.25) is 11.8 Å². The van der Waals surface area contributed by atoms with Crippen molar-refractivity contribution in [3.8, 4) is 17.4 Å². The zero-order chi connectivity index (χ0) is 19.2. The summed E-state index contributed by atoms with van der Waals surface area (Å²) in [5, 5.41) is 2.86. The Morgan fingerprint density at radius 1 is 1.15 bits per heavy atom. The molecule has 7 nitrogen and oxygen atoms in total. The van der Waals surface area contributed by atoms with Crippen molar-refractivity contribution < 1.29 is 23.4 Å². The molecule has 1 N–H and O–H groups in total. The average molecular weight is 375 g/mol. The van der Waals surface area contributed by atoms with Gasteiger partial charge in [-0.1, -0.05) is 6.07 Å². The predicted molar refractivity (Wildman–Crippen MR) is 98.0 cm³/mol. The lowest BCUT2D eigenvalue weighted by Crippen LogP contribution is -2.43. The van der Waals surface area contributed by atoms with Crippen LogP contribution in [-0.2, 0) is 0 Å². The van der Waals surface area contributed by atoms with Crippen molar-refractivity contribution in [3.05, 3.63) is 42.3 Å². The zero-order valence-electron chi connectivity index (χ0n) is 15.3. The van der Waals surface area contributed by atoms with Gasteiger partial charge in [0.1, 0.15) is 6.10 Å². The fraction of sp³-hybridized carbons (Fsp3) is 0.368. The number of nitrogens with zero attached hydrogens (tertiary/aromatic N) is 2. The first kappa shape index (κ1) is 18.8. The normalized spacial score (nSPS) is 14.6. The van der Waals surface area contributed by atoms with Gasteiger partial charge in [-0.05, 0) is 18.2 Å². The third-order valence-corrected chi connectivity index (χ3v) is 4.34. The number of piperidine rings is 1. The second-order valence-corrected chi connectivity index (χ2v) is 6.10. The molecule has 27 heavy (non-hydrogen) atoms. The van der Waals surface area contributed by atoms with Crippen LogP contribution >= 0.6 is 0 Å². The summed E-state index contributed by atoms with van der Waals surface area (Å²) >= 11 is 0. The highest BCUT2D eigenvalue weighted by Gasteiger charge is 2.24. The molecule has 2 amide bonds. The van der Waals surface area contributed by atoms with E-state index in [1.807, 2.05) is 0 Å². The highest BCUT2D eigenvalue weighted by Crippen LogP contribution is 2.30. The van der Waals surface area contributed by atoms with Crippen molar-refractivity contribution in [3.63, 3.8) is 0 Å². The van der Waals surface area contributed by atoms with Gasteiger partial charge in [0.05, 0.1) is 14.2 Å². The fourth-order valence-corrected chi connectivity index (χ4v) is 2.92. The van der Waals surface area contributed by atoms with E-state index in [0.29, 0.717) is 43.1 Å². The van der Waals surface area contributed by atoms with Crippen molar-refractivity contribution in [2.24, 2.45) is 0 Å². The van der Waals surface area contributed by atoms with Gasteiger partial charge in [0, 0.05) is 43.8 Å². The lowest BCUT2D eigenvalue weighted by Gasteiger charge is -2.32. The van der Waals surface area contributed by atoms with Crippen LogP contribution in [0.1, 0.15) is 12.8 Å². The first-order chi connectivity index (χ1) is 13.1. The lowest BCUT2D eigenvalue weighted by molar-refractivity contribution is 0.111. The topological polar surface area (TPSA) is 72.9 Å². The smallest absolute Gasteiger partial charge is 0.321 e. The number of hydrogen-bond donors (Lipinski definition) is 1. The average Bonchev–Trinajstić information content (AvgIpc) is 2.68. The molecular weight excluding hydrogens is 353 g/mol. The largest absolute Gasteiger partial charge is 0.493 e. The number of anilines is 1. The number of likely N-dealkylation sites (tertiary alicyclic amines) is 1. The molecule has 2 aromatic rings. The molecule has 0 aliphatic carbocycles. The van der Waals surface area contributed by atoms with Crippen LogP contribution in [-0.4, -0.2) is 49.3 Å². The molecule has 0 bridgehead atoms. The van der Waals surface area contributed by atoms with Crippen LogP contribution in [0.5, 0.6) is 17.4 Å². The molecule has 1 fully saturated rings. The van der Waals surface area contributed by atoms with E-state index in [4.69, 9.17) is 14.2 Å². The number of urea groups is 1. The number of carbonyl (C=O) groups excluding carboxylic acids is 1. The molecule has 8 heteroatoms. The van der Waals surface area contributed by atoms with Crippen LogP contribution in [0.15, 0.2) is 36.4 Å². The van der Waals surface area contributed by atoms with Crippen LogP contribution in [0, 0.1) is 5.95 Å². The summed E-state index contributed by atoms with van der Waals surface area (Å²) in [6.45, 7) is 1.08. The summed E-state index contributed by atoms with van der Waals surface area (Å²) < 4.78 is 29.3. The lowest BCUT2D eigenvalue weighted by atomic mass is 10.1. The summed E-state index contributed by atoms with van der Waals surface area (Å²) in [6.07, 6.45) is 1.21. The summed E-state index contributed by atoms with van der Waals surface area (Å²) in [6, 6.07) is 9.47. The molecule has 2 heterocycles. The standard InChI is InChI=1S/C19H22FN3O4/c1-25-15-7-6-13(12-16(15)26-2)21-19(24)23-10-8-14(9-11-23)27-18-5-3-4-17(20)22-18/h3-7,12,14H,8-11H2,1-2H3,(H,21,24). The van der Waals surface area contributed by atoms with E-state index in [2.05, 4.69) is 10.3 Å². The Balaban J connectivity index is 1.52. The Labute approximate surface area is 157 Å². The van der Waals surface area contributed by atoms with Crippen molar-refractivity contribution in [1.29, 1.82) is 0 Å². The molecule has 3 rings (SSSR count). The maximum Gasteiger partial charge on any atom is 0.321 e. The van der Waals surface area contributed by atoms with Gasteiger partial charge < -0.3 is 24.4 Å².